The van der Waals surface area contributed by atoms with E-state index in [2.05, 4.69) is 22.2 Å². The maximum Gasteiger partial charge on any atom is 0.123 e. The van der Waals surface area contributed by atoms with Crippen LogP contribution in [0.2, 0.25) is 0 Å². The van der Waals surface area contributed by atoms with Gasteiger partial charge in [-0.15, -0.1) is 24.8 Å². The van der Waals surface area contributed by atoms with Crippen LogP contribution in [0, 0.1) is 0 Å². The number of rotatable bonds is 7. The van der Waals surface area contributed by atoms with E-state index >= 15 is 0 Å². The van der Waals surface area contributed by atoms with Gasteiger partial charge in [0.25, 0.3) is 0 Å². The molecule has 27 heavy (non-hydrogen) atoms. The molecular weight excluding hydrogens is 387 g/mol. The van der Waals surface area contributed by atoms with Crippen LogP contribution in [-0.2, 0) is 6.42 Å². The summed E-state index contributed by atoms with van der Waals surface area (Å²) in [6, 6.07) is 9.71. The van der Waals surface area contributed by atoms with Gasteiger partial charge in [0.2, 0.25) is 0 Å². The van der Waals surface area contributed by atoms with Gasteiger partial charge in [0.05, 0.1) is 13.2 Å². The van der Waals surface area contributed by atoms with Gasteiger partial charge < -0.3 is 25.9 Å². The molecule has 2 aromatic heterocycles. The molecule has 0 saturated carbocycles. The molecule has 0 amide bonds. The minimum Gasteiger partial charge on any atom is -0.497 e. The second kappa shape index (κ2) is 10.4. The van der Waals surface area contributed by atoms with Gasteiger partial charge in [0.1, 0.15) is 11.6 Å². The lowest BCUT2D eigenvalue weighted by Crippen LogP contribution is -2.32. The zero-order chi connectivity index (χ0) is 17.8. The number of hydrogen-bond donors (Lipinski definition) is 4. The van der Waals surface area contributed by atoms with Gasteiger partial charge in [-0.25, -0.2) is 4.98 Å². The molecule has 5 N–H and O–H groups in total. The Balaban J connectivity index is 0.00000182. The molecule has 0 aliphatic carbocycles. The van der Waals surface area contributed by atoms with Crippen molar-refractivity contribution in [1.29, 1.82) is 0 Å². The standard InChI is InChI=1S/C19H24N4O2.2ClH/c1-12(21-11-18(24)13-3-6-19(20)23-9-13)7-14-10-22-17-5-4-15(25-2)8-16(14)17;;/h3-6,8-10,12,18,21-22,24H,7,11H2,1-2H3,(H2,20,23);2*1H. The molecule has 148 valence electrons. The first kappa shape index (κ1) is 23.0. The van der Waals surface area contributed by atoms with Gasteiger partial charge in [-0.3, -0.25) is 0 Å². The van der Waals surface area contributed by atoms with E-state index in [1.807, 2.05) is 24.4 Å². The van der Waals surface area contributed by atoms with Gasteiger partial charge in [-0.05, 0) is 43.2 Å². The predicted octanol–water partition coefficient (Wildman–Crippen LogP) is 3.25. The minimum atomic E-state index is -0.612. The molecule has 0 radical (unpaired) electrons. The number of ether oxygens (including phenoxy) is 1. The first-order valence-electron chi connectivity index (χ1n) is 8.33. The Kier molecular flexibility index (Phi) is 8.85. The van der Waals surface area contributed by atoms with Gasteiger partial charge in [0.15, 0.2) is 0 Å². The molecule has 2 unspecified atom stereocenters. The number of nitrogens with one attached hydrogen (secondary N) is 2. The number of benzene rings is 1. The topological polar surface area (TPSA) is 96.2 Å². The van der Waals surface area contributed by atoms with Crippen molar-refractivity contribution in [1.82, 2.24) is 15.3 Å². The van der Waals surface area contributed by atoms with Crippen LogP contribution in [0.3, 0.4) is 0 Å². The first-order valence-corrected chi connectivity index (χ1v) is 8.33. The van der Waals surface area contributed by atoms with Crippen molar-refractivity contribution in [3.63, 3.8) is 0 Å². The van der Waals surface area contributed by atoms with E-state index in [1.54, 1.807) is 25.4 Å². The molecule has 6 nitrogen and oxygen atoms in total. The van der Waals surface area contributed by atoms with Gasteiger partial charge in [0, 0.05) is 41.4 Å². The summed E-state index contributed by atoms with van der Waals surface area (Å²) in [5, 5.41) is 14.8. The number of nitrogens with zero attached hydrogens (tertiary/aromatic N) is 1. The smallest absolute Gasteiger partial charge is 0.123 e. The molecule has 0 bridgehead atoms. The summed E-state index contributed by atoms with van der Waals surface area (Å²) in [6.07, 6.45) is 3.87. The van der Waals surface area contributed by atoms with Crippen molar-refractivity contribution >= 4 is 41.5 Å². The fourth-order valence-corrected chi connectivity index (χ4v) is 2.90. The molecule has 0 saturated heterocycles. The first-order chi connectivity index (χ1) is 12.1. The summed E-state index contributed by atoms with van der Waals surface area (Å²) in [5.41, 5.74) is 8.64. The van der Waals surface area contributed by atoms with Crippen LogP contribution in [0.15, 0.2) is 42.7 Å². The van der Waals surface area contributed by atoms with Crippen LogP contribution in [0.4, 0.5) is 5.82 Å². The number of methoxy groups -OCH3 is 1. The van der Waals surface area contributed by atoms with Gasteiger partial charge in [-0.1, -0.05) is 6.07 Å². The molecule has 0 fully saturated rings. The van der Waals surface area contributed by atoms with E-state index in [4.69, 9.17) is 10.5 Å². The van der Waals surface area contributed by atoms with Gasteiger partial charge >= 0.3 is 0 Å². The Morgan fingerprint density at radius 2 is 2.04 bits per heavy atom. The molecule has 3 rings (SSSR count). The summed E-state index contributed by atoms with van der Waals surface area (Å²) < 4.78 is 5.31. The number of H-pyrrole nitrogens is 1. The van der Waals surface area contributed by atoms with Crippen LogP contribution in [0.25, 0.3) is 10.9 Å². The average molecular weight is 413 g/mol. The third-order valence-corrected chi connectivity index (χ3v) is 4.35. The Hall–Kier alpha value is -1.99. The van der Waals surface area contributed by atoms with E-state index in [-0.39, 0.29) is 30.9 Å². The van der Waals surface area contributed by atoms with Crippen molar-refractivity contribution in [3.05, 3.63) is 53.9 Å². The average Bonchev–Trinajstić information content (AvgIpc) is 3.02. The number of aromatic amines is 1. The van der Waals surface area contributed by atoms with Crippen LogP contribution in [-0.4, -0.2) is 34.8 Å². The van der Waals surface area contributed by atoms with E-state index < -0.39 is 6.10 Å². The van der Waals surface area contributed by atoms with Crippen LogP contribution >= 0.6 is 24.8 Å². The largest absolute Gasteiger partial charge is 0.497 e. The number of fused-ring (bicyclic) bond motifs is 1. The Labute approximate surface area is 171 Å². The summed E-state index contributed by atoms with van der Waals surface area (Å²) in [6.45, 7) is 2.56. The second-order valence-corrected chi connectivity index (χ2v) is 6.27. The summed E-state index contributed by atoms with van der Waals surface area (Å²) in [4.78, 5) is 7.30. The summed E-state index contributed by atoms with van der Waals surface area (Å²) in [5.74, 6) is 1.30. The third kappa shape index (κ3) is 5.74. The lowest BCUT2D eigenvalue weighted by molar-refractivity contribution is 0.170. The summed E-state index contributed by atoms with van der Waals surface area (Å²) in [7, 11) is 1.67. The molecule has 0 aliphatic heterocycles. The molecule has 0 spiro atoms. The number of pyridine rings is 1. The normalized spacial score (nSPS) is 12.7. The maximum absolute atomic E-state index is 10.3. The Morgan fingerprint density at radius 3 is 2.70 bits per heavy atom. The number of anilines is 1. The molecule has 3 aromatic rings. The molecule has 1 aromatic carbocycles. The van der Waals surface area contributed by atoms with Crippen LogP contribution < -0.4 is 15.8 Å². The number of halogens is 2. The van der Waals surface area contributed by atoms with Crippen molar-refractivity contribution in [2.45, 2.75) is 25.5 Å². The van der Waals surface area contributed by atoms with Crippen molar-refractivity contribution in [2.24, 2.45) is 0 Å². The number of aromatic nitrogens is 2. The van der Waals surface area contributed by atoms with E-state index in [0.717, 1.165) is 28.6 Å². The number of hydrogen-bond acceptors (Lipinski definition) is 5. The number of aliphatic hydroxyl groups excluding tert-OH is 1. The molecule has 8 heteroatoms. The fraction of sp³-hybridized carbons (Fsp3) is 0.316. The molecule has 2 atom stereocenters. The fourth-order valence-electron chi connectivity index (χ4n) is 2.90. The number of nitrogens with two attached hydrogens (primary N) is 1. The Morgan fingerprint density at radius 1 is 1.26 bits per heavy atom. The van der Waals surface area contributed by atoms with Crippen LogP contribution in [0.5, 0.6) is 5.75 Å². The molecule has 0 aliphatic rings. The predicted molar refractivity (Wildman–Crippen MR) is 114 cm³/mol. The van der Waals surface area contributed by atoms with Crippen molar-refractivity contribution in [3.8, 4) is 5.75 Å². The highest BCUT2D eigenvalue weighted by molar-refractivity contribution is 5.86. The SMILES string of the molecule is COc1ccc2[nH]cc(CC(C)NCC(O)c3ccc(N)nc3)c2c1.Cl.Cl. The highest BCUT2D eigenvalue weighted by Crippen LogP contribution is 2.24. The minimum absolute atomic E-state index is 0. The van der Waals surface area contributed by atoms with Gasteiger partial charge in [-0.2, -0.15) is 0 Å². The number of aliphatic hydroxyl groups is 1. The second-order valence-electron chi connectivity index (χ2n) is 6.27. The molecule has 2 heterocycles. The quantitative estimate of drug-likeness (QED) is 0.477. The summed E-state index contributed by atoms with van der Waals surface area (Å²) >= 11 is 0. The zero-order valence-corrected chi connectivity index (χ0v) is 16.9. The lowest BCUT2D eigenvalue weighted by Gasteiger charge is -2.17. The highest BCUT2D eigenvalue weighted by atomic mass is 35.5. The third-order valence-electron chi connectivity index (χ3n) is 4.35. The lowest BCUT2D eigenvalue weighted by atomic mass is 10.1. The van der Waals surface area contributed by atoms with Crippen molar-refractivity contribution < 1.29 is 9.84 Å². The van der Waals surface area contributed by atoms with E-state index in [1.165, 1.54) is 5.56 Å². The maximum atomic E-state index is 10.3. The molecular formula is C19H26Cl2N4O2. The monoisotopic (exact) mass is 412 g/mol. The van der Waals surface area contributed by atoms with E-state index in [0.29, 0.717) is 12.4 Å². The van der Waals surface area contributed by atoms with E-state index in [9.17, 15) is 5.11 Å². The number of nitrogen functional groups attached to an aromatic ring is 1. The zero-order valence-electron chi connectivity index (χ0n) is 15.3. The van der Waals surface area contributed by atoms with Crippen LogP contribution in [0.1, 0.15) is 24.2 Å². The highest BCUT2D eigenvalue weighted by Gasteiger charge is 2.12. The Bertz CT molecular complexity index is 839. The van der Waals surface area contributed by atoms with Crippen molar-refractivity contribution in [2.75, 3.05) is 19.4 Å².